The molecule has 0 fully saturated rings. The van der Waals surface area contributed by atoms with E-state index in [1.165, 1.54) is 12.0 Å². The van der Waals surface area contributed by atoms with Crippen molar-refractivity contribution in [2.45, 2.75) is 32.1 Å². The Hall–Kier alpha value is -2.74. The Morgan fingerprint density at radius 2 is 1.83 bits per heavy atom. The lowest BCUT2D eigenvalue weighted by molar-refractivity contribution is -0.373. The molecule has 0 amide bonds. The monoisotopic (exact) mass is 324 g/mol. The topological polar surface area (TPSA) is 82.4 Å². The molecule has 24 heavy (non-hydrogen) atoms. The van der Waals surface area contributed by atoms with Crippen LogP contribution in [0.25, 0.3) is 11.1 Å². The van der Waals surface area contributed by atoms with Crippen LogP contribution in [-0.2, 0) is 12.8 Å². The van der Waals surface area contributed by atoms with Crippen molar-refractivity contribution in [1.29, 1.82) is 5.26 Å². The van der Waals surface area contributed by atoms with E-state index in [0.29, 0.717) is 22.9 Å². The molecule has 1 aromatic carbocycles. The summed E-state index contributed by atoms with van der Waals surface area (Å²) in [5.41, 5.74) is 10.8. The molecular formula is C19H22N3O2+. The first-order valence-corrected chi connectivity index (χ1v) is 8.18. The van der Waals surface area contributed by atoms with Gasteiger partial charge in [-0.05, 0) is 37.0 Å². The normalized spacial score (nSPS) is 13.5. The van der Waals surface area contributed by atoms with Gasteiger partial charge in [0.15, 0.2) is 11.5 Å². The van der Waals surface area contributed by atoms with Gasteiger partial charge in [-0.3, -0.25) is 5.73 Å². The summed E-state index contributed by atoms with van der Waals surface area (Å²) in [7, 11) is 3.22. The maximum absolute atomic E-state index is 9.65. The fourth-order valence-electron chi connectivity index (χ4n) is 3.43. The summed E-state index contributed by atoms with van der Waals surface area (Å²) in [6.07, 6.45) is 5.36. The van der Waals surface area contributed by atoms with Crippen LogP contribution in [0.5, 0.6) is 11.5 Å². The number of hydrogen-bond acceptors (Lipinski definition) is 4. The van der Waals surface area contributed by atoms with Crippen LogP contribution in [0, 0.1) is 11.3 Å². The first kappa shape index (κ1) is 16.1. The second-order valence-corrected chi connectivity index (χ2v) is 5.99. The number of nitrogens with two attached hydrogens (primary N) is 1. The molecule has 2 aromatic rings. The third kappa shape index (κ3) is 2.76. The molecular weight excluding hydrogens is 302 g/mol. The smallest absolute Gasteiger partial charge is 0.289 e. The van der Waals surface area contributed by atoms with Gasteiger partial charge in [0.05, 0.1) is 14.2 Å². The second-order valence-electron chi connectivity index (χ2n) is 5.99. The number of rotatable bonds is 3. The van der Waals surface area contributed by atoms with E-state index in [2.05, 4.69) is 11.1 Å². The minimum Gasteiger partial charge on any atom is -0.493 e. The van der Waals surface area contributed by atoms with Gasteiger partial charge in [-0.1, -0.05) is 12.5 Å². The predicted molar refractivity (Wildman–Crippen MR) is 91.9 cm³/mol. The van der Waals surface area contributed by atoms with Gasteiger partial charge in [-0.25, -0.2) is 4.98 Å². The average molecular weight is 324 g/mol. The first-order chi connectivity index (χ1) is 11.7. The lowest BCUT2D eigenvalue weighted by Gasteiger charge is -2.15. The van der Waals surface area contributed by atoms with E-state index in [9.17, 15) is 5.26 Å². The number of nitrogens with one attached hydrogen (secondary N) is 1. The highest BCUT2D eigenvalue weighted by Crippen LogP contribution is 2.38. The standard InChI is InChI=1S/C19H21N3O2/c1-23-16-9-8-12(10-17(16)24-2)18-13-6-4-3-5-7-15(13)22-19(21)14(18)11-20/h8-10H,3-7H2,1-2H3,(H2,21,22)/p+1. The van der Waals surface area contributed by atoms with Crippen molar-refractivity contribution in [1.82, 2.24) is 0 Å². The molecule has 0 saturated heterocycles. The largest absolute Gasteiger partial charge is 0.493 e. The molecule has 124 valence electrons. The van der Waals surface area contributed by atoms with E-state index < -0.39 is 0 Å². The third-order valence-electron chi connectivity index (χ3n) is 4.61. The highest BCUT2D eigenvalue weighted by Gasteiger charge is 2.24. The van der Waals surface area contributed by atoms with Crippen molar-refractivity contribution in [3.8, 4) is 28.7 Å². The van der Waals surface area contributed by atoms with Crippen molar-refractivity contribution in [3.05, 3.63) is 35.0 Å². The zero-order valence-electron chi connectivity index (χ0n) is 14.1. The molecule has 0 saturated carbocycles. The van der Waals surface area contributed by atoms with Crippen molar-refractivity contribution < 1.29 is 14.5 Å². The lowest BCUT2D eigenvalue weighted by Crippen LogP contribution is -2.21. The molecule has 0 spiro atoms. The number of anilines is 1. The molecule has 5 nitrogen and oxygen atoms in total. The number of ether oxygens (including phenoxy) is 2. The summed E-state index contributed by atoms with van der Waals surface area (Å²) in [5.74, 6) is 1.75. The van der Waals surface area contributed by atoms with E-state index in [-0.39, 0.29) is 0 Å². The van der Waals surface area contributed by atoms with Gasteiger partial charge in [-0.15, -0.1) is 0 Å². The average Bonchev–Trinajstić information content (AvgIpc) is 2.85. The number of benzene rings is 1. The van der Waals surface area contributed by atoms with Crippen LogP contribution in [0.3, 0.4) is 0 Å². The quantitative estimate of drug-likeness (QED) is 0.880. The molecule has 3 rings (SSSR count). The minimum absolute atomic E-state index is 0.433. The van der Waals surface area contributed by atoms with E-state index in [1.54, 1.807) is 14.2 Å². The molecule has 3 N–H and O–H groups in total. The number of nitrogen functional groups attached to an aromatic ring is 1. The van der Waals surface area contributed by atoms with Crippen LogP contribution in [0.15, 0.2) is 18.2 Å². The van der Waals surface area contributed by atoms with Crippen LogP contribution < -0.4 is 20.2 Å². The van der Waals surface area contributed by atoms with Crippen LogP contribution in [0.2, 0.25) is 0 Å². The Balaban J connectivity index is 2.27. The molecule has 1 aliphatic carbocycles. The maximum Gasteiger partial charge on any atom is 0.289 e. The highest BCUT2D eigenvalue weighted by atomic mass is 16.5. The minimum atomic E-state index is 0.433. The Kier molecular flexibility index (Phi) is 4.57. The van der Waals surface area contributed by atoms with Gasteiger partial charge in [0.2, 0.25) is 0 Å². The number of aryl methyl sites for hydroxylation is 1. The van der Waals surface area contributed by atoms with E-state index in [0.717, 1.165) is 42.5 Å². The third-order valence-corrected chi connectivity index (χ3v) is 4.61. The lowest BCUT2D eigenvalue weighted by atomic mass is 9.91. The van der Waals surface area contributed by atoms with Gasteiger partial charge in [0.1, 0.15) is 17.3 Å². The number of methoxy groups -OCH3 is 2. The fourth-order valence-corrected chi connectivity index (χ4v) is 3.43. The molecule has 0 atom stereocenters. The van der Waals surface area contributed by atoms with Gasteiger partial charge in [0.25, 0.3) is 5.82 Å². The number of pyridine rings is 1. The van der Waals surface area contributed by atoms with Crippen LogP contribution in [0.4, 0.5) is 5.82 Å². The summed E-state index contributed by atoms with van der Waals surface area (Å²) in [6.45, 7) is 0. The van der Waals surface area contributed by atoms with Crippen LogP contribution in [0.1, 0.15) is 36.1 Å². The molecule has 0 radical (unpaired) electrons. The van der Waals surface area contributed by atoms with Crippen molar-refractivity contribution >= 4 is 5.82 Å². The number of fused-ring (bicyclic) bond motifs is 1. The van der Waals surface area contributed by atoms with E-state index in [1.807, 2.05) is 18.2 Å². The number of hydrogen-bond donors (Lipinski definition) is 1. The molecule has 0 bridgehead atoms. The summed E-state index contributed by atoms with van der Waals surface area (Å²) >= 11 is 0. The van der Waals surface area contributed by atoms with Crippen molar-refractivity contribution in [2.75, 3.05) is 20.0 Å². The first-order valence-electron chi connectivity index (χ1n) is 8.18. The fraction of sp³-hybridized carbons (Fsp3) is 0.368. The Bertz CT molecular complexity index is 809. The van der Waals surface area contributed by atoms with Crippen LogP contribution >= 0.6 is 0 Å². The van der Waals surface area contributed by atoms with Gasteiger partial charge >= 0.3 is 0 Å². The molecule has 0 aliphatic heterocycles. The van der Waals surface area contributed by atoms with Crippen LogP contribution in [-0.4, -0.2) is 14.2 Å². The number of aromatic amines is 1. The Morgan fingerprint density at radius 3 is 2.54 bits per heavy atom. The molecule has 1 heterocycles. The molecule has 1 aliphatic rings. The van der Waals surface area contributed by atoms with Crippen molar-refractivity contribution in [3.63, 3.8) is 0 Å². The number of H-pyrrole nitrogens is 1. The SMILES string of the molecule is COc1ccc(-c2c(C#N)c(N)[nH+]c3c2CCCCC3)cc1OC. The number of aromatic nitrogens is 1. The maximum atomic E-state index is 9.65. The number of nitrogens with zero attached hydrogens (tertiary/aromatic N) is 1. The Morgan fingerprint density at radius 1 is 1.08 bits per heavy atom. The zero-order valence-corrected chi connectivity index (χ0v) is 14.1. The second kappa shape index (κ2) is 6.79. The van der Waals surface area contributed by atoms with E-state index >= 15 is 0 Å². The molecule has 1 aromatic heterocycles. The summed E-state index contributed by atoms with van der Waals surface area (Å²) < 4.78 is 10.7. The zero-order chi connectivity index (χ0) is 17.1. The van der Waals surface area contributed by atoms with Gasteiger partial charge in [0, 0.05) is 17.5 Å². The van der Waals surface area contributed by atoms with E-state index in [4.69, 9.17) is 15.2 Å². The van der Waals surface area contributed by atoms with Gasteiger partial charge in [-0.2, -0.15) is 5.26 Å². The summed E-state index contributed by atoms with van der Waals surface area (Å²) in [5, 5.41) is 9.65. The molecule has 0 unspecified atom stereocenters. The van der Waals surface area contributed by atoms with Gasteiger partial charge < -0.3 is 9.47 Å². The highest BCUT2D eigenvalue weighted by molar-refractivity contribution is 5.79. The molecule has 5 heteroatoms. The summed E-state index contributed by atoms with van der Waals surface area (Å²) in [6, 6.07) is 8.01. The number of nitriles is 1. The Labute approximate surface area is 142 Å². The predicted octanol–water partition coefficient (Wildman–Crippen LogP) is 2.91. The summed E-state index contributed by atoms with van der Waals surface area (Å²) in [4.78, 5) is 3.25. The van der Waals surface area contributed by atoms with Crippen molar-refractivity contribution in [2.24, 2.45) is 0 Å².